The maximum Gasteiger partial charge on any atom is 0.335 e. The van der Waals surface area contributed by atoms with Crippen molar-refractivity contribution in [2.45, 2.75) is 0 Å². The van der Waals surface area contributed by atoms with Crippen LogP contribution in [0.4, 0.5) is 5.69 Å². The van der Waals surface area contributed by atoms with Gasteiger partial charge in [-0.1, -0.05) is 29.8 Å². The lowest BCUT2D eigenvalue weighted by molar-refractivity contribution is 0.0697. The van der Waals surface area contributed by atoms with Gasteiger partial charge in [0, 0.05) is 5.56 Å². The average molecular weight is 341 g/mol. The first-order valence-corrected chi connectivity index (χ1v) is 7.48. The van der Waals surface area contributed by atoms with E-state index in [9.17, 15) is 4.79 Å². The lowest BCUT2D eigenvalue weighted by atomic mass is 10.1. The molecule has 120 valence electrons. The van der Waals surface area contributed by atoms with Crippen LogP contribution in [0.1, 0.15) is 16.1 Å². The number of para-hydroxylation sites is 1. The van der Waals surface area contributed by atoms with Gasteiger partial charge in [0.1, 0.15) is 11.5 Å². The minimum Gasteiger partial charge on any atom is -0.478 e. The van der Waals surface area contributed by atoms with E-state index in [0.29, 0.717) is 22.1 Å². The summed E-state index contributed by atoms with van der Waals surface area (Å²) >= 11 is 6.13. The van der Waals surface area contributed by atoms with Crippen molar-refractivity contribution in [2.24, 2.45) is 5.10 Å². The topological polar surface area (TPSA) is 74.8 Å². The molecule has 0 fully saturated rings. The molecule has 3 aromatic rings. The molecule has 0 saturated carbocycles. The van der Waals surface area contributed by atoms with Crippen LogP contribution in [0.25, 0.3) is 11.3 Å². The summed E-state index contributed by atoms with van der Waals surface area (Å²) < 4.78 is 5.66. The molecule has 2 N–H and O–H groups in total. The van der Waals surface area contributed by atoms with Crippen LogP contribution < -0.4 is 5.43 Å². The van der Waals surface area contributed by atoms with Gasteiger partial charge in [-0.05, 0) is 42.5 Å². The number of carboxylic acids is 1. The molecule has 0 bridgehead atoms. The van der Waals surface area contributed by atoms with Gasteiger partial charge in [0.05, 0.1) is 22.5 Å². The largest absolute Gasteiger partial charge is 0.478 e. The smallest absolute Gasteiger partial charge is 0.335 e. The average Bonchev–Trinajstić information content (AvgIpc) is 3.04. The van der Waals surface area contributed by atoms with Crippen molar-refractivity contribution >= 4 is 29.5 Å². The summed E-state index contributed by atoms with van der Waals surface area (Å²) in [7, 11) is 0. The number of anilines is 1. The lowest BCUT2D eigenvalue weighted by Gasteiger charge is -2.02. The van der Waals surface area contributed by atoms with Gasteiger partial charge in [-0.3, -0.25) is 5.43 Å². The minimum atomic E-state index is -1.02. The third-order valence-corrected chi connectivity index (χ3v) is 3.59. The fraction of sp³-hybridized carbons (Fsp3) is 0. The summed E-state index contributed by atoms with van der Waals surface area (Å²) in [6.45, 7) is 0. The summed E-state index contributed by atoms with van der Waals surface area (Å²) in [5.41, 5.74) is 4.41. The summed E-state index contributed by atoms with van der Waals surface area (Å²) in [5, 5.41) is 13.6. The molecule has 0 saturated heterocycles. The van der Waals surface area contributed by atoms with E-state index in [1.54, 1.807) is 12.1 Å². The van der Waals surface area contributed by atoms with Gasteiger partial charge in [0.15, 0.2) is 0 Å². The van der Waals surface area contributed by atoms with Crippen LogP contribution in [0.15, 0.2) is 70.2 Å². The molecule has 0 unspecified atom stereocenters. The normalized spacial score (nSPS) is 10.9. The second-order valence-electron chi connectivity index (χ2n) is 4.94. The molecule has 3 rings (SSSR count). The Morgan fingerprint density at radius 3 is 2.67 bits per heavy atom. The standard InChI is InChI=1S/C18H13ClN2O3/c19-16-8-6-12(18(22)23)10-15(16)17-9-7-14(24-17)11-20-21-13-4-2-1-3-5-13/h1-11,21H,(H,22,23). The van der Waals surface area contributed by atoms with Crippen LogP contribution >= 0.6 is 11.6 Å². The van der Waals surface area contributed by atoms with Gasteiger partial charge in [0.2, 0.25) is 0 Å². The highest BCUT2D eigenvalue weighted by atomic mass is 35.5. The van der Waals surface area contributed by atoms with Crippen molar-refractivity contribution in [3.05, 3.63) is 77.0 Å². The number of rotatable bonds is 5. The van der Waals surface area contributed by atoms with Crippen LogP contribution in [0.5, 0.6) is 0 Å². The van der Waals surface area contributed by atoms with E-state index in [-0.39, 0.29) is 5.56 Å². The van der Waals surface area contributed by atoms with E-state index in [4.69, 9.17) is 21.1 Å². The van der Waals surface area contributed by atoms with Crippen molar-refractivity contribution < 1.29 is 14.3 Å². The highest BCUT2D eigenvalue weighted by Crippen LogP contribution is 2.30. The zero-order chi connectivity index (χ0) is 16.9. The summed E-state index contributed by atoms with van der Waals surface area (Å²) in [6.07, 6.45) is 1.53. The van der Waals surface area contributed by atoms with Crippen LogP contribution in [0.3, 0.4) is 0 Å². The monoisotopic (exact) mass is 340 g/mol. The predicted octanol–water partition coefficient (Wildman–Crippen LogP) is 4.74. The highest BCUT2D eigenvalue weighted by Gasteiger charge is 2.12. The maximum absolute atomic E-state index is 11.1. The van der Waals surface area contributed by atoms with E-state index < -0.39 is 5.97 Å². The molecule has 5 nitrogen and oxygen atoms in total. The number of furan rings is 1. The Kier molecular flexibility index (Phi) is 4.63. The fourth-order valence-corrected chi connectivity index (χ4v) is 2.31. The molecule has 0 spiro atoms. The number of nitrogens with one attached hydrogen (secondary N) is 1. The molecule has 0 atom stereocenters. The van der Waals surface area contributed by atoms with Crippen LogP contribution in [0, 0.1) is 0 Å². The first kappa shape index (κ1) is 15.8. The SMILES string of the molecule is O=C(O)c1ccc(Cl)c(-c2ccc(C=NNc3ccccc3)o2)c1. The second kappa shape index (κ2) is 7.02. The molecule has 0 radical (unpaired) electrons. The third-order valence-electron chi connectivity index (χ3n) is 3.26. The van der Waals surface area contributed by atoms with Crippen LogP contribution in [0.2, 0.25) is 5.02 Å². The Labute approximate surface area is 143 Å². The summed E-state index contributed by atoms with van der Waals surface area (Å²) in [5.74, 6) is -0.0252. The van der Waals surface area contributed by atoms with E-state index in [0.717, 1.165) is 5.69 Å². The Morgan fingerprint density at radius 1 is 1.12 bits per heavy atom. The Balaban J connectivity index is 1.78. The van der Waals surface area contributed by atoms with E-state index in [2.05, 4.69) is 10.5 Å². The molecule has 1 heterocycles. The lowest BCUT2D eigenvalue weighted by Crippen LogP contribution is -1.96. The van der Waals surface area contributed by atoms with Crippen LogP contribution in [-0.2, 0) is 0 Å². The second-order valence-corrected chi connectivity index (χ2v) is 5.35. The summed E-state index contributed by atoms with van der Waals surface area (Å²) in [6, 6.07) is 17.4. The van der Waals surface area contributed by atoms with Gasteiger partial charge in [-0.15, -0.1) is 0 Å². The van der Waals surface area contributed by atoms with Gasteiger partial charge >= 0.3 is 5.97 Å². The zero-order valence-electron chi connectivity index (χ0n) is 12.4. The third kappa shape index (κ3) is 3.64. The van der Waals surface area contributed by atoms with Gasteiger partial charge in [-0.2, -0.15) is 5.10 Å². The molecule has 6 heteroatoms. The van der Waals surface area contributed by atoms with Gasteiger partial charge < -0.3 is 9.52 Å². The number of aromatic carboxylic acids is 1. The quantitative estimate of drug-likeness (QED) is 0.519. The Morgan fingerprint density at radius 2 is 1.92 bits per heavy atom. The predicted molar refractivity (Wildman–Crippen MR) is 93.8 cm³/mol. The van der Waals surface area contributed by atoms with Crippen molar-refractivity contribution in [3.8, 4) is 11.3 Å². The van der Waals surface area contributed by atoms with E-state index >= 15 is 0 Å². The fourth-order valence-electron chi connectivity index (χ4n) is 2.10. The zero-order valence-corrected chi connectivity index (χ0v) is 13.2. The highest BCUT2D eigenvalue weighted by molar-refractivity contribution is 6.33. The van der Waals surface area contributed by atoms with Crippen molar-refractivity contribution in [1.29, 1.82) is 0 Å². The number of halogens is 1. The number of carboxylic acid groups (broad SMARTS) is 1. The summed E-state index contributed by atoms with van der Waals surface area (Å²) in [4.78, 5) is 11.1. The molecule has 1 aromatic heterocycles. The number of benzene rings is 2. The number of nitrogens with zero attached hydrogens (tertiary/aromatic N) is 1. The van der Waals surface area contributed by atoms with Crippen LogP contribution in [-0.4, -0.2) is 17.3 Å². The molecule has 0 amide bonds. The molecule has 2 aromatic carbocycles. The Hall–Kier alpha value is -3.05. The van der Waals surface area contributed by atoms with Crippen molar-refractivity contribution in [3.63, 3.8) is 0 Å². The molecule has 24 heavy (non-hydrogen) atoms. The first-order valence-electron chi connectivity index (χ1n) is 7.10. The maximum atomic E-state index is 11.1. The van der Waals surface area contributed by atoms with Crippen molar-refractivity contribution in [2.75, 3.05) is 5.43 Å². The number of hydrazone groups is 1. The van der Waals surface area contributed by atoms with Crippen molar-refractivity contribution in [1.82, 2.24) is 0 Å². The van der Waals surface area contributed by atoms with Gasteiger partial charge in [-0.25, -0.2) is 4.79 Å². The van der Waals surface area contributed by atoms with E-state index in [1.165, 1.54) is 24.4 Å². The Bertz CT molecular complexity index is 888. The molecular formula is C18H13ClN2O3. The molecule has 0 aliphatic heterocycles. The first-order chi connectivity index (χ1) is 11.6. The molecule has 0 aliphatic carbocycles. The number of hydrogen-bond acceptors (Lipinski definition) is 4. The molecular weight excluding hydrogens is 328 g/mol. The van der Waals surface area contributed by atoms with Gasteiger partial charge in [0.25, 0.3) is 0 Å². The number of hydrogen-bond donors (Lipinski definition) is 2. The van der Waals surface area contributed by atoms with E-state index in [1.807, 2.05) is 30.3 Å². The minimum absolute atomic E-state index is 0.145. The number of carbonyl (C=O) groups is 1. The molecule has 0 aliphatic rings.